The van der Waals surface area contributed by atoms with E-state index in [-0.39, 0.29) is 12.4 Å². The van der Waals surface area contributed by atoms with E-state index in [1.54, 1.807) is 0 Å². The summed E-state index contributed by atoms with van der Waals surface area (Å²) in [5.74, 6) is 0.592. The second-order valence-corrected chi connectivity index (χ2v) is 1.81. The Kier molecular flexibility index (Phi) is 4.46. The summed E-state index contributed by atoms with van der Waals surface area (Å²) in [7, 11) is 0. The first kappa shape index (κ1) is 8.73. The van der Waals surface area contributed by atoms with Crippen LogP contribution in [0.2, 0.25) is 0 Å². The van der Waals surface area contributed by atoms with Gasteiger partial charge < -0.3 is 0 Å². The zero-order valence-corrected chi connectivity index (χ0v) is 6.38. The van der Waals surface area contributed by atoms with Crippen molar-refractivity contribution in [2.75, 3.05) is 0 Å². The molecule has 0 saturated heterocycles. The predicted molar refractivity (Wildman–Crippen MR) is 39.8 cm³/mol. The van der Waals surface area contributed by atoms with E-state index in [0.29, 0.717) is 5.88 Å². The van der Waals surface area contributed by atoms with Gasteiger partial charge in [0.25, 0.3) is 0 Å². The number of hydrogen-bond donors (Lipinski definition) is 0. The Morgan fingerprint density at radius 2 is 1.89 bits per heavy atom. The van der Waals surface area contributed by atoms with Gasteiger partial charge in [0.15, 0.2) is 12.4 Å². The van der Waals surface area contributed by atoms with Gasteiger partial charge in [0.2, 0.25) is 0 Å². The number of hydrogen-bond acceptors (Lipinski definition) is 0. The highest BCUT2D eigenvalue weighted by Gasteiger charge is 1.86. The van der Waals surface area contributed by atoms with Crippen LogP contribution in [0.1, 0.15) is 5.56 Å². The van der Waals surface area contributed by atoms with Crippen LogP contribution in [0.4, 0.5) is 0 Å². The average Bonchev–Trinajstić information content (AvgIpc) is 1.90. The summed E-state index contributed by atoms with van der Waals surface area (Å²) in [4.78, 5) is 2.91. The third-order valence-electron chi connectivity index (χ3n) is 0.942. The van der Waals surface area contributed by atoms with Crippen LogP contribution >= 0.6 is 24.0 Å². The molecule has 0 radical (unpaired) electrons. The van der Waals surface area contributed by atoms with Crippen molar-refractivity contribution in [2.24, 2.45) is 0 Å². The lowest BCUT2D eigenvalue weighted by Crippen LogP contribution is -1.97. The molecule has 0 aromatic carbocycles. The largest absolute Gasteiger partial charge is 0.218 e. The third kappa shape index (κ3) is 2.68. The third-order valence-corrected chi connectivity index (χ3v) is 1.25. The van der Waals surface area contributed by atoms with Crippen molar-refractivity contribution in [3.63, 3.8) is 0 Å². The standard InChI is InChI=1S/C6H6ClN.ClH/c7-5-6-1-3-8-4-2-6;/h1-4H,5H2;1H/p+1. The topological polar surface area (TPSA) is 14.1 Å². The van der Waals surface area contributed by atoms with Gasteiger partial charge in [0.1, 0.15) is 0 Å². The van der Waals surface area contributed by atoms with Crippen molar-refractivity contribution in [3.05, 3.63) is 30.1 Å². The monoisotopic (exact) mass is 164 g/mol. The average molecular weight is 165 g/mol. The molecule has 0 amide bonds. The summed E-state index contributed by atoms with van der Waals surface area (Å²) >= 11 is 5.51. The van der Waals surface area contributed by atoms with Crippen LogP contribution in [-0.4, -0.2) is 0 Å². The molecular weight excluding hydrogens is 157 g/mol. The molecule has 0 aliphatic heterocycles. The summed E-state index contributed by atoms with van der Waals surface area (Å²) in [6, 6.07) is 3.90. The molecule has 1 N–H and O–H groups in total. The van der Waals surface area contributed by atoms with E-state index in [0.717, 1.165) is 5.56 Å². The summed E-state index contributed by atoms with van der Waals surface area (Å²) in [5.41, 5.74) is 1.14. The fourth-order valence-corrected chi connectivity index (χ4v) is 0.689. The molecule has 0 aliphatic rings. The minimum atomic E-state index is 0. The number of halogens is 2. The van der Waals surface area contributed by atoms with Gasteiger partial charge in [-0.05, 0) is 5.56 Å². The van der Waals surface area contributed by atoms with Crippen LogP contribution in [0.25, 0.3) is 0 Å². The van der Waals surface area contributed by atoms with E-state index in [1.165, 1.54) is 0 Å². The fraction of sp³-hybridized carbons (Fsp3) is 0.167. The van der Waals surface area contributed by atoms with Crippen molar-refractivity contribution < 1.29 is 4.98 Å². The Bertz CT molecular complexity index is 152. The number of pyridine rings is 1. The van der Waals surface area contributed by atoms with Gasteiger partial charge in [-0.2, -0.15) is 0 Å². The lowest BCUT2D eigenvalue weighted by molar-refractivity contribution is -0.378. The molecule has 9 heavy (non-hydrogen) atoms. The van der Waals surface area contributed by atoms with Crippen molar-refractivity contribution >= 4 is 24.0 Å². The number of aromatic nitrogens is 1. The first-order chi connectivity index (χ1) is 3.93. The maximum Gasteiger partial charge on any atom is 0.167 e. The Balaban J connectivity index is 0.000000640. The first-order valence-corrected chi connectivity index (χ1v) is 2.98. The molecule has 0 saturated carbocycles. The molecule has 0 unspecified atom stereocenters. The molecule has 1 heterocycles. The van der Waals surface area contributed by atoms with Gasteiger partial charge in [-0.1, -0.05) is 0 Å². The summed E-state index contributed by atoms with van der Waals surface area (Å²) in [5, 5.41) is 0. The van der Waals surface area contributed by atoms with Gasteiger partial charge in [-0.3, -0.25) is 0 Å². The van der Waals surface area contributed by atoms with Crippen LogP contribution in [0.5, 0.6) is 0 Å². The van der Waals surface area contributed by atoms with E-state index in [2.05, 4.69) is 4.98 Å². The molecule has 0 bridgehead atoms. The van der Waals surface area contributed by atoms with Crippen LogP contribution < -0.4 is 4.98 Å². The minimum Gasteiger partial charge on any atom is -0.218 e. The van der Waals surface area contributed by atoms with Gasteiger partial charge >= 0.3 is 0 Å². The lowest BCUT2D eigenvalue weighted by atomic mass is 10.3. The molecule has 1 nitrogen and oxygen atoms in total. The second kappa shape index (κ2) is 4.59. The van der Waals surface area contributed by atoms with Crippen LogP contribution in [-0.2, 0) is 5.88 Å². The maximum atomic E-state index is 5.51. The molecule has 1 aromatic heterocycles. The molecule has 1 aromatic rings. The number of aromatic amines is 1. The van der Waals surface area contributed by atoms with Gasteiger partial charge in [-0.25, -0.2) is 4.98 Å². The van der Waals surface area contributed by atoms with Gasteiger partial charge in [0, 0.05) is 18.0 Å². The van der Waals surface area contributed by atoms with E-state index in [1.807, 2.05) is 24.5 Å². The zero-order valence-electron chi connectivity index (χ0n) is 4.80. The molecule has 50 valence electrons. The summed E-state index contributed by atoms with van der Waals surface area (Å²) < 4.78 is 0. The molecule has 0 fully saturated rings. The quantitative estimate of drug-likeness (QED) is 0.562. The van der Waals surface area contributed by atoms with E-state index in [4.69, 9.17) is 11.6 Å². The van der Waals surface area contributed by atoms with Crippen molar-refractivity contribution in [1.82, 2.24) is 0 Å². The van der Waals surface area contributed by atoms with Gasteiger partial charge in [0.05, 0.1) is 0 Å². The smallest absolute Gasteiger partial charge is 0.167 e. The number of H-pyrrole nitrogens is 1. The molecule has 0 aliphatic carbocycles. The van der Waals surface area contributed by atoms with Crippen molar-refractivity contribution in [1.29, 1.82) is 0 Å². The van der Waals surface area contributed by atoms with Crippen molar-refractivity contribution in [3.8, 4) is 0 Å². The second-order valence-electron chi connectivity index (χ2n) is 1.54. The highest BCUT2D eigenvalue weighted by molar-refractivity contribution is 6.17. The molecule has 0 spiro atoms. The van der Waals surface area contributed by atoms with Crippen molar-refractivity contribution in [2.45, 2.75) is 5.88 Å². The predicted octanol–water partition coefficient (Wildman–Crippen LogP) is 1.66. The van der Waals surface area contributed by atoms with Gasteiger partial charge in [-0.15, -0.1) is 24.0 Å². The zero-order chi connectivity index (χ0) is 5.82. The van der Waals surface area contributed by atoms with E-state index < -0.39 is 0 Å². The molecular formula is C6H8Cl2N+. The first-order valence-electron chi connectivity index (χ1n) is 2.44. The molecule has 0 atom stereocenters. The summed E-state index contributed by atoms with van der Waals surface area (Å²) in [6.45, 7) is 0. The fourth-order valence-electron chi connectivity index (χ4n) is 0.510. The SMILES string of the molecule is Cl.ClCc1cc[nH+]cc1. The highest BCUT2D eigenvalue weighted by atomic mass is 35.5. The Morgan fingerprint density at radius 3 is 2.22 bits per heavy atom. The van der Waals surface area contributed by atoms with Crippen LogP contribution in [0.15, 0.2) is 24.5 Å². The molecule has 3 heteroatoms. The van der Waals surface area contributed by atoms with Crippen LogP contribution in [0, 0.1) is 0 Å². The van der Waals surface area contributed by atoms with E-state index >= 15 is 0 Å². The normalized spacial score (nSPS) is 8.11. The Hall–Kier alpha value is -0.270. The summed E-state index contributed by atoms with van der Waals surface area (Å²) in [6.07, 6.45) is 3.72. The maximum absolute atomic E-state index is 5.51. The number of rotatable bonds is 1. The Morgan fingerprint density at radius 1 is 1.33 bits per heavy atom. The van der Waals surface area contributed by atoms with Crippen LogP contribution in [0.3, 0.4) is 0 Å². The number of nitrogens with one attached hydrogen (secondary N) is 1. The highest BCUT2D eigenvalue weighted by Crippen LogP contribution is 1.97. The Labute approximate surface area is 65.5 Å². The van der Waals surface area contributed by atoms with E-state index in [9.17, 15) is 0 Å². The minimum absolute atomic E-state index is 0. The molecule has 1 rings (SSSR count). The number of alkyl halides is 1. The lowest BCUT2D eigenvalue weighted by Gasteiger charge is -1.83.